The number of hydrogen-bond acceptors (Lipinski definition) is 5. The van der Waals surface area contributed by atoms with Crippen LogP contribution < -0.4 is 0 Å². The molecule has 0 heterocycles. The van der Waals surface area contributed by atoms with Crippen LogP contribution in [0.1, 0.15) is 20.7 Å². The second kappa shape index (κ2) is 7.81. The molecule has 0 aliphatic rings. The average Bonchev–Trinajstić information content (AvgIpc) is 2.55. The molecule has 0 unspecified atom stereocenters. The van der Waals surface area contributed by atoms with E-state index >= 15 is 0 Å². The van der Waals surface area contributed by atoms with E-state index in [2.05, 4.69) is 0 Å². The van der Waals surface area contributed by atoms with Crippen LogP contribution in [0, 0.1) is 0 Å². The van der Waals surface area contributed by atoms with Crippen LogP contribution in [0.5, 0.6) is 0 Å². The third kappa shape index (κ3) is 4.74. The summed E-state index contributed by atoms with van der Waals surface area (Å²) in [6.45, 7) is -0.564. The Balaban J connectivity index is 1.64. The van der Waals surface area contributed by atoms with Gasteiger partial charge < -0.3 is 14.2 Å². The highest BCUT2D eigenvalue weighted by atomic mass is 16.8. The van der Waals surface area contributed by atoms with Crippen LogP contribution in [0.4, 0.5) is 0 Å². The topological polar surface area (TPSA) is 61.8 Å². The van der Waals surface area contributed by atoms with Crippen molar-refractivity contribution in [2.45, 2.75) is 0 Å². The van der Waals surface area contributed by atoms with Crippen molar-refractivity contribution in [1.82, 2.24) is 0 Å². The van der Waals surface area contributed by atoms with E-state index in [0.717, 1.165) is 0 Å². The Hall–Kier alpha value is -2.66. The van der Waals surface area contributed by atoms with Gasteiger partial charge in [0.05, 0.1) is 11.1 Å². The molecule has 2 aromatic carbocycles. The van der Waals surface area contributed by atoms with E-state index in [-0.39, 0.29) is 13.6 Å². The Labute approximate surface area is 122 Å². The number of ether oxygens (including phenoxy) is 3. The lowest BCUT2D eigenvalue weighted by Gasteiger charge is -2.07. The molecule has 0 saturated heterocycles. The van der Waals surface area contributed by atoms with E-state index in [4.69, 9.17) is 14.2 Å². The minimum absolute atomic E-state index is 0.282. The number of carbonyl (C=O) groups excluding carboxylic acids is 2. The van der Waals surface area contributed by atoms with Crippen molar-refractivity contribution in [2.75, 3.05) is 13.6 Å². The molecule has 0 aromatic heterocycles. The van der Waals surface area contributed by atoms with E-state index in [1.165, 1.54) is 0 Å². The zero-order valence-corrected chi connectivity index (χ0v) is 11.2. The summed E-state index contributed by atoms with van der Waals surface area (Å²) in [6, 6.07) is 17.1. The van der Waals surface area contributed by atoms with Gasteiger partial charge in [-0.25, -0.2) is 9.59 Å². The molecule has 0 atom stereocenters. The second-order valence-electron chi connectivity index (χ2n) is 4.04. The van der Waals surface area contributed by atoms with Crippen LogP contribution in [-0.4, -0.2) is 25.5 Å². The molecular weight excluding hydrogens is 272 g/mol. The number of hydrogen-bond donors (Lipinski definition) is 0. The summed E-state index contributed by atoms with van der Waals surface area (Å²) in [6.07, 6.45) is 0. The van der Waals surface area contributed by atoms with Gasteiger partial charge in [0.25, 0.3) is 0 Å². The molecule has 0 bridgehead atoms. The van der Waals surface area contributed by atoms with Crippen molar-refractivity contribution in [1.29, 1.82) is 0 Å². The summed E-state index contributed by atoms with van der Waals surface area (Å²) in [4.78, 5) is 23.1. The molecular formula is C16H14O5. The van der Waals surface area contributed by atoms with Crippen molar-refractivity contribution in [2.24, 2.45) is 0 Å². The molecule has 0 N–H and O–H groups in total. The number of esters is 2. The van der Waals surface area contributed by atoms with E-state index < -0.39 is 11.9 Å². The van der Waals surface area contributed by atoms with E-state index in [1.54, 1.807) is 60.7 Å². The summed E-state index contributed by atoms with van der Waals surface area (Å²) in [5.41, 5.74) is 0.866. The first kappa shape index (κ1) is 14.7. The van der Waals surface area contributed by atoms with Crippen LogP contribution in [0.2, 0.25) is 0 Å². The molecule has 0 aliphatic heterocycles. The molecule has 108 valence electrons. The Bertz CT molecular complexity index is 527. The zero-order chi connectivity index (χ0) is 14.9. The first-order chi connectivity index (χ1) is 10.3. The van der Waals surface area contributed by atoms with Crippen LogP contribution >= 0.6 is 0 Å². The average molecular weight is 286 g/mol. The van der Waals surface area contributed by atoms with Gasteiger partial charge in [0.1, 0.15) is 0 Å². The van der Waals surface area contributed by atoms with Crippen LogP contribution in [0.25, 0.3) is 0 Å². The van der Waals surface area contributed by atoms with E-state index in [9.17, 15) is 9.59 Å². The summed E-state index contributed by atoms with van der Waals surface area (Å²) < 4.78 is 14.7. The van der Waals surface area contributed by atoms with E-state index in [1.807, 2.05) is 0 Å². The highest BCUT2D eigenvalue weighted by Gasteiger charge is 2.07. The van der Waals surface area contributed by atoms with Gasteiger partial charge in [-0.15, -0.1) is 0 Å². The minimum atomic E-state index is -0.495. The largest absolute Gasteiger partial charge is 0.435 e. The Morgan fingerprint density at radius 3 is 1.43 bits per heavy atom. The molecule has 5 heteroatoms. The highest BCUT2D eigenvalue weighted by molar-refractivity contribution is 5.89. The Kier molecular flexibility index (Phi) is 5.49. The smallest absolute Gasteiger partial charge is 0.340 e. The fourth-order valence-electron chi connectivity index (χ4n) is 1.54. The summed E-state index contributed by atoms with van der Waals surface area (Å²) in [5.74, 6) is -0.991. The third-order valence-electron chi connectivity index (χ3n) is 2.57. The first-order valence-electron chi connectivity index (χ1n) is 6.29. The van der Waals surface area contributed by atoms with Crippen molar-refractivity contribution >= 4 is 11.9 Å². The molecule has 0 aliphatic carbocycles. The molecule has 5 nitrogen and oxygen atoms in total. The Morgan fingerprint density at radius 1 is 0.667 bits per heavy atom. The van der Waals surface area contributed by atoms with Gasteiger partial charge in [-0.05, 0) is 24.3 Å². The van der Waals surface area contributed by atoms with Gasteiger partial charge in [-0.2, -0.15) is 0 Å². The van der Waals surface area contributed by atoms with Crippen LogP contribution in [0.15, 0.2) is 60.7 Å². The predicted molar refractivity (Wildman–Crippen MR) is 74.5 cm³/mol. The maximum absolute atomic E-state index is 11.6. The summed E-state index contributed by atoms with van der Waals surface area (Å²) in [5, 5.41) is 0. The van der Waals surface area contributed by atoms with Gasteiger partial charge in [0.2, 0.25) is 0 Å². The first-order valence-corrected chi connectivity index (χ1v) is 6.29. The molecule has 0 saturated carbocycles. The lowest BCUT2D eigenvalue weighted by Crippen LogP contribution is -2.13. The lowest BCUT2D eigenvalue weighted by atomic mass is 10.2. The monoisotopic (exact) mass is 286 g/mol. The Morgan fingerprint density at radius 2 is 1.05 bits per heavy atom. The summed E-state index contributed by atoms with van der Waals surface area (Å²) in [7, 11) is 0. The summed E-state index contributed by atoms with van der Waals surface area (Å²) >= 11 is 0. The van der Waals surface area contributed by atoms with Crippen LogP contribution in [-0.2, 0) is 14.2 Å². The number of carbonyl (C=O) groups is 2. The van der Waals surface area contributed by atoms with Gasteiger partial charge in [-0.1, -0.05) is 36.4 Å². The molecule has 0 radical (unpaired) electrons. The molecule has 0 fully saturated rings. The number of rotatable bonds is 6. The molecule has 21 heavy (non-hydrogen) atoms. The van der Waals surface area contributed by atoms with Gasteiger partial charge in [-0.3, -0.25) is 0 Å². The minimum Gasteiger partial charge on any atom is -0.435 e. The number of benzene rings is 2. The van der Waals surface area contributed by atoms with Crippen molar-refractivity contribution in [3.8, 4) is 0 Å². The standard InChI is InChI=1S/C16H14O5/c17-15(13-7-3-1-4-8-13)20-11-19-12-21-16(18)14-9-5-2-6-10-14/h1-10H,11-12H2. The lowest BCUT2D eigenvalue weighted by molar-refractivity contribution is -0.0931. The fraction of sp³-hybridized carbons (Fsp3) is 0.125. The molecule has 0 amide bonds. The van der Waals surface area contributed by atoms with Crippen molar-refractivity contribution in [3.63, 3.8) is 0 Å². The van der Waals surface area contributed by atoms with Gasteiger partial charge in [0, 0.05) is 0 Å². The second-order valence-corrected chi connectivity index (χ2v) is 4.04. The SMILES string of the molecule is O=C(OCOCOC(=O)c1ccccc1)c1ccccc1. The maximum Gasteiger partial charge on any atom is 0.340 e. The molecule has 0 spiro atoms. The van der Waals surface area contributed by atoms with E-state index in [0.29, 0.717) is 11.1 Å². The quantitative estimate of drug-likeness (QED) is 0.464. The third-order valence-corrected chi connectivity index (χ3v) is 2.57. The fourth-order valence-corrected chi connectivity index (χ4v) is 1.54. The van der Waals surface area contributed by atoms with Gasteiger partial charge in [0.15, 0.2) is 13.6 Å². The predicted octanol–water partition coefficient (Wildman–Crippen LogP) is 2.63. The zero-order valence-electron chi connectivity index (χ0n) is 11.2. The van der Waals surface area contributed by atoms with Crippen molar-refractivity contribution in [3.05, 3.63) is 71.8 Å². The van der Waals surface area contributed by atoms with Crippen LogP contribution in [0.3, 0.4) is 0 Å². The molecule has 2 aromatic rings. The van der Waals surface area contributed by atoms with Crippen molar-refractivity contribution < 1.29 is 23.8 Å². The molecule has 2 rings (SSSR count). The maximum atomic E-state index is 11.6. The van der Waals surface area contributed by atoms with Gasteiger partial charge >= 0.3 is 11.9 Å². The highest BCUT2D eigenvalue weighted by Crippen LogP contribution is 2.02. The normalized spacial score (nSPS) is 9.90.